The predicted molar refractivity (Wildman–Crippen MR) is 169 cm³/mol. The number of aliphatic hydroxyl groups is 2. The fraction of sp³-hybridized carbons (Fsp3) is 0.667. The number of hydrogen-bond acceptors (Lipinski definition) is 7. The summed E-state index contributed by atoms with van der Waals surface area (Å²) in [4.78, 5) is 35.1. The Balaban J connectivity index is 1.65. The lowest BCUT2D eigenvalue weighted by Crippen LogP contribution is -2.60. The highest BCUT2D eigenvalue weighted by Gasteiger charge is 2.43. The van der Waals surface area contributed by atoms with Crippen LogP contribution in [0.2, 0.25) is 0 Å². The summed E-state index contributed by atoms with van der Waals surface area (Å²) >= 11 is 0. The van der Waals surface area contributed by atoms with E-state index in [2.05, 4.69) is 15.4 Å². The van der Waals surface area contributed by atoms with Gasteiger partial charge < -0.3 is 15.2 Å². The molecule has 10 nitrogen and oxygen atoms in total. The van der Waals surface area contributed by atoms with Crippen LogP contribution in [0.25, 0.3) is 0 Å². The number of aromatic nitrogens is 2. The summed E-state index contributed by atoms with van der Waals surface area (Å²) in [7, 11) is -3.70. The lowest BCUT2D eigenvalue weighted by Gasteiger charge is -2.40. The minimum Gasteiger partial charge on any atom is -0.390 e. The van der Waals surface area contributed by atoms with Crippen molar-refractivity contribution in [1.82, 2.24) is 20.4 Å². The number of H-pyrrole nitrogens is 1. The SMILES string of the molecule is CC(C)(C)S(=O)(=O)C[C@@H](Cc1ccccc1)C(=O)NN(C(=O)CCc1cnc[nH]1)[C@@H](CC1CCCCC1)[C@@H](O)[C@@H](O)C1CC1. The average Bonchev–Trinajstić information content (AvgIpc) is 3.71. The van der Waals surface area contributed by atoms with Crippen LogP contribution in [0.15, 0.2) is 42.9 Å². The number of rotatable bonds is 14. The van der Waals surface area contributed by atoms with Crippen LogP contribution in [-0.2, 0) is 32.3 Å². The number of sulfone groups is 1. The summed E-state index contributed by atoms with van der Waals surface area (Å²) in [5.74, 6) is -2.19. The molecule has 2 aromatic rings. The number of carbonyl (C=O) groups excluding carboxylic acids is 2. The van der Waals surface area contributed by atoms with Gasteiger partial charge in [-0.1, -0.05) is 62.4 Å². The maximum absolute atomic E-state index is 14.1. The molecule has 2 aliphatic rings. The third-order valence-electron chi connectivity index (χ3n) is 9.19. The Labute approximate surface area is 261 Å². The van der Waals surface area contributed by atoms with E-state index >= 15 is 0 Å². The topological polar surface area (TPSA) is 153 Å². The highest BCUT2D eigenvalue weighted by Crippen LogP contribution is 2.37. The zero-order valence-corrected chi connectivity index (χ0v) is 27.1. The number of aromatic amines is 1. The normalized spacial score (nSPS) is 19.1. The van der Waals surface area contributed by atoms with Crippen molar-refractivity contribution in [3.63, 3.8) is 0 Å². The summed E-state index contributed by atoms with van der Waals surface area (Å²) in [6, 6.07) is 8.36. The van der Waals surface area contributed by atoms with E-state index in [1.807, 2.05) is 30.3 Å². The molecular formula is C33H50N4O6S. The van der Waals surface area contributed by atoms with Gasteiger partial charge in [0.05, 0.1) is 34.9 Å². The van der Waals surface area contributed by atoms with E-state index in [0.717, 1.165) is 56.2 Å². The van der Waals surface area contributed by atoms with Crippen molar-refractivity contribution in [2.75, 3.05) is 5.75 Å². The van der Waals surface area contributed by atoms with Crippen LogP contribution in [0.5, 0.6) is 0 Å². The molecule has 1 heterocycles. The molecule has 0 spiro atoms. The fourth-order valence-electron chi connectivity index (χ4n) is 6.07. The molecule has 4 rings (SSSR count). The van der Waals surface area contributed by atoms with E-state index in [0.29, 0.717) is 12.8 Å². The second-order valence-electron chi connectivity index (χ2n) is 13.7. The van der Waals surface area contributed by atoms with Gasteiger partial charge in [-0.3, -0.25) is 15.0 Å². The van der Waals surface area contributed by atoms with Crippen LogP contribution < -0.4 is 5.43 Å². The fourth-order valence-corrected chi connectivity index (χ4v) is 7.37. The molecule has 0 unspecified atom stereocenters. The van der Waals surface area contributed by atoms with Gasteiger partial charge in [-0.25, -0.2) is 18.4 Å². The molecule has 4 atom stereocenters. The second kappa shape index (κ2) is 15.0. The quantitative estimate of drug-likeness (QED) is 0.232. The van der Waals surface area contributed by atoms with Crippen molar-refractivity contribution >= 4 is 21.7 Å². The average molecular weight is 631 g/mol. The maximum Gasteiger partial charge on any atom is 0.243 e. The van der Waals surface area contributed by atoms with Crippen molar-refractivity contribution in [2.24, 2.45) is 17.8 Å². The summed E-state index contributed by atoms with van der Waals surface area (Å²) in [5, 5.41) is 23.8. The van der Waals surface area contributed by atoms with Crippen LogP contribution in [-0.4, -0.2) is 74.2 Å². The number of carbonyl (C=O) groups is 2. The zero-order chi connectivity index (χ0) is 31.9. The smallest absolute Gasteiger partial charge is 0.243 e. The Morgan fingerprint density at radius 3 is 2.34 bits per heavy atom. The Morgan fingerprint density at radius 2 is 1.75 bits per heavy atom. The first kappa shape index (κ1) is 34.1. The van der Waals surface area contributed by atoms with Crippen LogP contribution in [0, 0.1) is 17.8 Å². The van der Waals surface area contributed by atoms with Crippen molar-refractivity contribution in [3.8, 4) is 0 Å². The highest BCUT2D eigenvalue weighted by atomic mass is 32.2. The Morgan fingerprint density at radius 1 is 1.07 bits per heavy atom. The molecule has 1 aromatic heterocycles. The van der Waals surface area contributed by atoms with Gasteiger partial charge in [0.2, 0.25) is 11.8 Å². The van der Waals surface area contributed by atoms with Gasteiger partial charge in [0, 0.05) is 18.3 Å². The second-order valence-corrected chi connectivity index (χ2v) is 16.5. The first-order valence-corrected chi connectivity index (χ1v) is 17.7. The van der Waals surface area contributed by atoms with E-state index in [9.17, 15) is 28.2 Å². The standard InChI is InChI=1S/C33H50N4O6S/c1-33(2,3)44(42,43)21-26(18-23-10-6-4-7-11-23)32(41)36-37(29(38)17-16-27-20-34-22-35-27)28(19-24-12-8-5-9-13-24)31(40)30(39)25-14-15-25/h4,6-7,10-11,20,22,24-26,28,30-31,39-40H,5,8-9,12-19,21H2,1-3H3,(H,34,35)(H,36,41)/t26-,28+,30+,31-/m1/s1. The molecule has 44 heavy (non-hydrogen) atoms. The molecule has 1 aromatic carbocycles. The Hall–Kier alpha value is -2.76. The number of benzene rings is 1. The van der Waals surface area contributed by atoms with Crippen LogP contribution in [0.1, 0.15) is 89.8 Å². The van der Waals surface area contributed by atoms with E-state index in [-0.39, 0.29) is 24.7 Å². The molecule has 2 fully saturated rings. The van der Waals surface area contributed by atoms with E-state index < -0.39 is 56.3 Å². The van der Waals surface area contributed by atoms with Gasteiger partial charge in [-0.05, 0) is 70.3 Å². The molecular weight excluding hydrogens is 580 g/mol. The number of amides is 2. The molecule has 2 saturated carbocycles. The van der Waals surface area contributed by atoms with Gasteiger partial charge in [-0.15, -0.1) is 0 Å². The molecule has 244 valence electrons. The molecule has 0 saturated heterocycles. The van der Waals surface area contributed by atoms with E-state index in [4.69, 9.17) is 0 Å². The molecule has 0 aliphatic heterocycles. The number of nitrogens with zero attached hydrogens (tertiary/aromatic N) is 2. The minimum atomic E-state index is -3.70. The first-order valence-electron chi connectivity index (χ1n) is 16.1. The molecule has 2 amide bonds. The maximum atomic E-state index is 14.1. The number of imidazole rings is 1. The van der Waals surface area contributed by atoms with Gasteiger partial charge in [-0.2, -0.15) is 0 Å². The minimum absolute atomic E-state index is 0.0273. The van der Waals surface area contributed by atoms with Gasteiger partial charge in [0.1, 0.15) is 6.10 Å². The number of hydrazine groups is 1. The molecule has 0 radical (unpaired) electrons. The number of hydrogen-bond donors (Lipinski definition) is 4. The molecule has 11 heteroatoms. The summed E-state index contributed by atoms with van der Waals surface area (Å²) in [6.07, 6.45) is 8.62. The lowest BCUT2D eigenvalue weighted by atomic mass is 9.82. The first-order chi connectivity index (χ1) is 20.9. The van der Waals surface area contributed by atoms with Gasteiger partial charge in [0.15, 0.2) is 9.84 Å². The van der Waals surface area contributed by atoms with Crippen molar-refractivity contribution in [1.29, 1.82) is 0 Å². The summed E-state index contributed by atoms with van der Waals surface area (Å²) < 4.78 is 25.6. The summed E-state index contributed by atoms with van der Waals surface area (Å²) in [5.41, 5.74) is 4.37. The summed E-state index contributed by atoms with van der Waals surface area (Å²) in [6.45, 7) is 4.84. The highest BCUT2D eigenvalue weighted by molar-refractivity contribution is 7.92. The predicted octanol–water partition coefficient (Wildman–Crippen LogP) is 3.75. The Bertz CT molecular complexity index is 1300. The van der Waals surface area contributed by atoms with Crippen molar-refractivity contribution < 1.29 is 28.2 Å². The Kier molecular flexibility index (Phi) is 11.6. The third-order valence-corrected chi connectivity index (χ3v) is 11.9. The monoisotopic (exact) mass is 630 g/mol. The lowest BCUT2D eigenvalue weighted by molar-refractivity contribution is -0.153. The van der Waals surface area contributed by atoms with Gasteiger partial charge in [0.25, 0.3) is 0 Å². The number of aryl methyl sites for hydroxylation is 1. The number of aliphatic hydroxyl groups excluding tert-OH is 2. The van der Waals surface area contributed by atoms with Crippen molar-refractivity contribution in [2.45, 2.75) is 114 Å². The largest absolute Gasteiger partial charge is 0.390 e. The van der Waals surface area contributed by atoms with Crippen molar-refractivity contribution in [3.05, 3.63) is 54.1 Å². The van der Waals surface area contributed by atoms with E-state index in [1.165, 1.54) is 11.3 Å². The number of nitrogens with one attached hydrogen (secondary N) is 2. The van der Waals surface area contributed by atoms with Crippen LogP contribution in [0.4, 0.5) is 0 Å². The van der Waals surface area contributed by atoms with E-state index in [1.54, 1.807) is 27.0 Å². The van der Waals surface area contributed by atoms with Crippen LogP contribution in [0.3, 0.4) is 0 Å². The molecule has 4 N–H and O–H groups in total. The van der Waals surface area contributed by atoms with Crippen LogP contribution >= 0.6 is 0 Å². The molecule has 0 bridgehead atoms. The van der Waals surface area contributed by atoms with Gasteiger partial charge >= 0.3 is 0 Å². The zero-order valence-electron chi connectivity index (χ0n) is 26.3. The molecule has 2 aliphatic carbocycles. The third kappa shape index (κ3) is 9.37.